The van der Waals surface area contributed by atoms with Crippen LogP contribution < -0.4 is 4.74 Å². The smallest absolute Gasteiger partial charge is 0.347 e. The summed E-state index contributed by atoms with van der Waals surface area (Å²) in [6, 6.07) is 11.4. The molecular weight excluding hydrogens is 402 g/mol. The number of ether oxygens (including phenoxy) is 3. The standard InChI is InChI=1S/C23H11NO7/c1-23(18-4-2-3-5-24-18)14-6-10-12(21(27)30-19(10)25)8-16(14)29-17-9-13-11(7-15(17)23)20(26)31-22(13)28/h2-9H,1H3. The average Bonchev–Trinajstić information content (AvgIpc) is 3.20. The molecule has 0 atom stereocenters. The molecule has 0 fully saturated rings. The summed E-state index contributed by atoms with van der Waals surface area (Å²) >= 11 is 0. The van der Waals surface area contributed by atoms with Crippen molar-refractivity contribution in [1.29, 1.82) is 0 Å². The van der Waals surface area contributed by atoms with E-state index in [2.05, 4.69) is 4.98 Å². The van der Waals surface area contributed by atoms with Crippen molar-refractivity contribution in [1.82, 2.24) is 4.98 Å². The van der Waals surface area contributed by atoms with E-state index in [1.165, 1.54) is 12.1 Å². The fraction of sp³-hybridized carbons (Fsp3) is 0.0870. The van der Waals surface area contributed by atoms with Crippen LogP contribution in [0.3, 0.4) is 0 Å². The molecule has 1 aromatic heterocycles. The van der Waals surface area contributed by atoms with E-state index in [9.17, 15) is 19.2 Å². The SMILES string of the molecule is CC1(c2ccccn2)c2cc3c(cc2Oc2cc4c(cc21)C(=O)OC4=O)C(=O)OC3=O. The number of nitrogens with zero attached hydrogens (tertiary/aromatic N) is 1. The largest absolute Gasteiger partial charge is 0.457 e. The fourth-order valence-corrected chi connectivity index (χ4v) is 4.37. The summed E-state index contributed by atoms with van der Waals surface area (Å²) in [7, 11) is 0. The van der Waals surface area contributed by atoms with Gasteiger partial charge in [-0.3, -0.25) is 4.98 Å². The van der Waals surface area contributed by atoms with Gasteiger partial charge in [0.2, 0.25) is 0 Å². The lowest BCUT2D eigenvalue weighted by molar-refractivity contribution is 0.0425. The maximum Gasteiger partial charge on any atom is 0.347 e. The molecule has 0 saturated carbocycles. The zero-order valence-electron chi connectivity index (χ0n) is 15.9. The maximum absolute atomic E-state index is 12.2. The highest BCUT2D eigenvalue weighted by Crippen LogP contribution is 2.53. The number of pyridine rings is 1. The lowest BCUT2D eigenvalue weighted by Crippen LogP contribution is -2.31. The van der Waals surface area contributed by atoms with E-state index < -0.39 is 29.3 Å². The van der Waals surface area contributed by atoms with Crippen molar-refractivity contribution < 1.29 is 33.4 Å². The third kappa shape index (κ3) is 2.16. The van der Waals surface area contributed by atoms with Gasteiger partial charge >= 0.3 is 23.9 Å². The van der Waals surface area contributed by atoms with Crippen LogP contribution in [0.25, 0.3) is 0 Å². The molecule has 2 aromatic carbocycles. The highest BCUT2D eigenvalue weighted by Gasteiger charge is 2.46. The highest BCUT2D eigenvalue weighted by molar-refractivity contribution is 6.16. The summed E-state index contributed by atoms with van der Waals surface area (Å²) < 4.78 is 15.5. The molecule has 8 heteroatoms. The first kappa shape index (κ1) is 17.5. The van der Waals surface area contributed by atoms with Gasteiger partial charge in [-0.2, -0.15) is 0 Å². The first-order valence-corrected chi connectivity index (χ1v) is 9.37. The first-order chi connectivity index (χ1) is 14.9. The van der Waals surface area contributed by atoms with Crippen LogP contribution >= 0.6 is 0 Å². The van der Waals surface area contributed by atoms with E-state index in [1.54, 1.807) is 24.4 Å². The second-order valence-corrected chi connectivity index (χ2v) is 7.58. The van der Waals surface area contributed by atoms with E-state index >= 15 is 0 Å². The Labute approximate surface area is 174 Å². The van der Waals surface area contributed by atoms with Crippen molar-refractivity contribution in [3.8, 4) is 11.5 Å². The molecule has 3 aromatic rings. The summed E-state index contributed by atoms with van der Waals surface area (Å²) in [4.78, 5) is 53.0. The van der Waals surface area contributed by atoms with Crippen LogP contribution in [-0.4, -0.2) is 28.9 Å². The number of fused-ring (bicyclic) bond motifs is 4. The second-order valence-electron chi connectivity index (χ2n) is 7.58. The maximum atomic E-state index is 12.2. The number of cyclic esters (lactones) is 4. The molecule has 0 saturated heterocycles. The van der Waals surface area contributed by atoms with E-state index in [-0.39, 0.29) is 22.3 Å². The molecule has 0 unspecified atom stereocenters. The molecule has 0 N–H and O–H groups in total. The van der Waals surface area contributed by atoms with Gasteiger partial charge in [0.15, 0.2) is 0 Å². The molecule has 31 heavy (non-hydrogen) atoms. The molecule has 8 nitrogen and oxygen atoms in total. The number of aromatic nitrogens is 1. The molecule has 150 valence electrons. The van der Waals surface area contributed by atoms with Crippen LogP contribution in [0.5, 0.6) is 11.5 Å². The Kier molecular flexibility index (Phi) is 3.18. The summed E-state index contributed by atoms with van der Waals surface area (Å²) in [5.74, 6) is -2.33. The Morgan fingerprint density at radius 1 is 0.677 bits per heavy atom. The van der Waals surface area contributed by atoms with Crippen molar-refractivity contribution in [3.05, 3.63) is 87.7 Å². The molecule has 6 rings (SSSR count). The normalized spacial score (nSPS) is 17.2. The summed E-state index contributed by atoms with van der Waals surface area (Å²) in [5, 5.41) is 0. The van der Waals surface area contributed by atoms with E-state index in [1.807, 2.05) is 19.1 Å². The molecule has 3 aliphatic heterocycles. The highest BCUT2D eigenvalue weighted by atomic mass is 16.6. The Balaban J connectivity index is 1.69. The third-order valence-corrected chi connectivity index (χ3v) is 5.96. The van der Waals surface area contributed by atoms with Crippen LogP contribution in [0.4, 0.5) is 0 Å². The summed E-state index contributed by atoms with van der Waals surface area (Å²) in [6.07, 6.45) is 1.63. The van der Waals surface area contributed by atoms with Crippen molar-refractivity contribution >= 4 is 23.9 Å². The number of hydrogen-bond donors (Lipinski definition) is 0. The summed E-state index contributed by atoms with van der Waals surface area (Å²) in [6.45, 7) is 1.87. The second kappa shape index (κ2) is 5.63. The van der Waals surface area contributed by atoms with Gasteiger partial charge < -0.3 is 14.2 Å². The quantitative estimate of drug-likeness (QED) is 0.442. The molecule has 0 spiro atoms. The van der Waals surface area contributed by atoms with Gasteiger partial charge in [0.25, 0.3) is 0 Å². The number of carbonyl (C=O) groups is 4. The van der Waals surface area contributed by atoms with E-state index in [4.69, 9.17) is 14.2 Å². The van der Waals surface area contributed by atoms with Crippen LogP contribution in [0.15, 0.2) is 48.7 Å². The van der Waals surface area contributed by atoms with Gasteiger partial charge in [0.1, 0.15) is 11.5 Å². The lowest BCUT2D eigenvalue weighted by atomic mass is 9.70. The van der Waals surface area contributed by atoms with Crippen molar-refractivity contribution in [2.24, 2.45) is 0 Å². The van der Waals surface area contributed by atoms with Gasteiger partial charge in [-0.15, -0.1) is 0 Å². The molecule has 0 aliphatic carbocycles. The fourth-order valence-electron chi connectivity index (χ4n) is 4.37. The van der Waals surface area contributed by atoms with Crippen LogP contribution in [0.2, 0.25) is 0 Å². The zero-order chi connectivity index (χ0) is 21.5. The molecule has 4 heterocycles. The molecule has 3 aliphatic rings. The topological polar surface area (TPSA) is 109 Å². The summed E-state index contributed by atoms with van der Waals surface area (Å²) in [5.41, 5.74) is 1.27. The first-order valence-electron chi connectivity index (χ1n) is 9.37. The minimum absolute atomic E-state index is 0.103. The van der Waals surface area contributed by atoms with Gasteiger partial charge in [-0.05, 0) is 43.3 Å². The van der Waals surface area contributed by atoms with Crippen LogP contribution in [0.1, 0.15) is 65.2 Å². The Morgan fingerprint density at radius 3 is 1.61 bits per heavy atom. The van der Waals surface area contributed by atoms with Gasteiger partial charge in [0.05, 0.1) is 33.4 Å². The minimum atomic E-state index is -0.966. The molecule has 0 bridgehead atoms. The van der Waals surface area contributed by atoms with E-state index in [0.29, 0.717) is 28.3 Å². The number of esters is 4. The monoisotopic (exact) mass is 413 g/mol. The van der Waals surface area contributed by atoms with Gasteiger partial charge in [0, 0.05) is 17.3 Å². The van der Waals surface area contributed by atoms with Crippen molar-refractivity contribution in [3.63, 3.8) is 0 Å². The van der Waals surface area contributed by atoms with E-state index in [0.717, 1.165) is 0 Å². The predicted octanol–water partition coefficient (Wildman–Crippen LogP) is 3.16. The third-order valence-electron chi connectivity index (χ3n) is 5.96. The number of carbonyl (C=O) groups excluding carboxylic acids is 4. The number of benzene rings is 2. The average molecular weight is 413 g/mol. The number of hydrogen-bond acceptors (Lipinski definition) is 8. The Hall–Kier alpha value is -4.33. The van der Waals surface area contributed by atoms with Crippen molar-refractivity contribution in [2.45, 2.75) is 12.3 Å². The Morgan fingerprint density at radius 2 is 1.16 bits per heavy atom. The van der Waals surface area contributed by atoms with Crippen LogP contribution in [-0.2, 0) is 14.9 Å². The van der Waals surface area contributed by atoms with Crippen molar-refractivity contribution in [2.75, 3.05) is 0 Å². The zero-order valence-corrected chi connectivity index (χ0v) is 15.9. The Bertz CT molecular complexity index is 1310. The predicted molar refractivity (Wildman–Crippen MR) is 102 cm³/mol. The van der Waals surface area contributed by atoms with Gasteiger partial charge in [-0.25, -0.2) is 19.2 Å². The number of rotatable bonds is 1. The minimum Gasteiger partial charge on any atom is -0.457 e. The molecule has 0 radical (unpaired) electrons. The molecule has 0 amide bonds. The molecular formula is C23H11NO7. The van der Waals surface area contributed by atoms with Gasteiger partial charge in [-0.1, -0.05) is 6.07 Å². The van der Waals surface area contributed by atoms with Crippen LogP contribution in [0, 0.1) is 0 Å². The lowest BCUT2D eigenvalue weighted by Gasteiger charge is -2.37.